The van der Waals surface area contributed by atoms with Crippen LogP contribution < -0.4 is 5.32 Å². The monoisotopic (exact) mass is 324 g/mol. The van der Waals surface area contributed by atoms with Crippen LogP contribution in [0.5, 0.6) is 0 Å². The second kappa shape index (κ2) is 8.50. The van der Waals surface area contributed by atoms with Gasteiger partial charge in [0.15, 0.2) is 0 Å². The molecule has 0 spiro atoms. The first-order valence-corrected chi connectivity index (χ1v) is 8.56. The number of rotatable bonds is 6. The fourth-order valence-electron chi connectivity index (χ4n) is 3.05. The van der Waals surface area contributed by atoms with Gasteiger partial charge in [0, 0.05) is 6.54 Å². The van der Waals surface area contributed by atoms with Crippen LogP contribution in [0.2, 0.25) is 0 Å². The fourth-order valence-corrected chi connectivity index (χ4v) is 3.05. The molecule has 126 valence electrons. The quantitative estimate of drug-likeness (QED) is 0.880. The molecule has 1 heterocycles. The van der Waals surface area contributed by atoms with Crippen LogP contribution in [0.15, 0.2) is 60.7 Å². The summed E-state index contributed by atoms with van der Waals surface area (Å²) in [4.78, 5) is 14.6. The minimum absolute atomic E-state index is 0.0485. The molecule has 0 radical (unpaired) electrons. The first-order chi connectivity index (χ1) is 11.8. The number of ether oxygens (including phenoxy) is 1. The molecular formula is C20H24N2O2. The lowest BCUT2D eigenvalue weighted by molar-refractivity contribution is 0.132. The highest BCUT2D eigenvalue weighted by Gasteiger charge is 2.21. The standard InChI is InChI=1S/C20H24N2O2/c23-20(24-16-17-9-3-1-4-10-17)21-19(15-22-13-7-8-14-22)18-11-5-2-6-12-18/h1-6,9-12,19H,7-8,13-16H2,(H,21,23). The summed E-state index contributed by atoms with van der Waals surface area (Å²) < 4.78 is 5.38. The van der Waals surface area contributed by atoms with Gasteiger partial charge in [0.1, 0.15) is 6.61 Å². The van der Waals surface area contributed by atoms with Crippen LogP contribution in [0.4, 0.5) is 4.79 Å². The number of likely N-dealkylation sites (tertiary alicyclic amines) is 1. The Hall–Kier alpha value is -2.33. The number of carbonyl (C=O) groups excluding carboxylic acids is 1. The third kappa shape index (κ3) is 4.83. The molecule has 2 aromatic carbocycles. The highest BCUT2D eigenvalue weighted by Crippen LogP contribution is 2.18. The highest BCUT2D eigenvalue weighted by atomic mass is 16.5. The van der Waals surface area contributed by atoms with Gasteiger partial charge >= 0.3 is 6.09 Å². The summed E-state index contributed by atoms with van der Waals surface area (Å²) in [5.74, 6) is 0. The third-order valence-corrected chi connectivity index (χ3v) is 4.35. The molecule has 1 unspecified atom stereocenters. The van der Waals surface area contributed by atoms with Gasteiger partial charge in [-0.25, -0.2) is 4.79 Å². The number of nitrogens with zero attached hydrogens (tertiary/aromatic N) is 1. The van der Waals surface area contributed by atoms with E-state index in [1.54, 1.807) is 0 Å². The smallest absolute Gasteiger partial charge is 0.407 e. The molecule has 24 heavy (non-hydrogen) atoms. The first kappa shape index (κ1) is 16.5. The molecule has 1 aliphatic rings. The summed E-state index contributed by atoms with van der Waals surface area (Å²) in [6.07, 6.45) is 2.10. The third-order valence-electron chi connectivity index (χ3n) is 4.35. The van der Waals surface area contributed by atoms with E-state index in [0.717, 1.165) is 30.8 Å². The van der Waals surface area contributed by atoms with Crippen LogP contribution in [0.3, 0.4) is 0 Å². The Balaban J connectivity index is 1.59. The number of hydrogen-bond acceptors (Lipinski definition) is 3. The first-order valence-electron chi connectivity index (χ1n) is 8.56. The van der Waals surface area contributed by atoms with Gasteiger partial charge < -0.3 is 15.0 Å². The second-order valence-corrected chi connectivity index (χ2v) is 6.18. The maximum Gasteiger partial charge on any atom is 0.407 e. The molecule has 3 rings (SSSR count). The van der Waals surface area contributed by atoms with Crippen molar-refractivity contribution in [3.05, 3.63) is 71.8 Å². The minimum Gasteiger partial charge on any atom is -0.445 e. The van der Waals surface area contributed by atoms with E-state index in [1.807, 2.05) is 48.5 Å². The molecule has 0 saturated carbocycles. The van der Waals surface area contributed by atoms with Crippen molar-refractivity contribution < 1.29 is 9.53 Å². The van der Waals surface area contributed by atoms with E-state index >= 15 is 0 Å². The number of nitrogens with one attached hydrogen (secondary N) is 1. The zero-order valence-corrected chi connectivity index (χ0v) is 13.9. The molecule has 1 aliphatic heterocycles. The van der Waals surface area contributed by atoms with Gasteiger partial charge in [0.05, 0.1) is 6.04 Å². The van der Waals surface area contributed by atoms with Crippen LogP contribution in [0.25, 0.3) is 0 Å². The van der Waals surface area contributed by atoms with E-state index in [2.05, 4.69) is 22.3 Å². The Morgan fingerprint density at radius 3 is 2.29 bits per heavy atom. The van der Waals surface area contributed by atoms with E-state index in [1.165, 1.54) is 12.8 Å². The van der Waals surface area contributed by atoms with E-state index in [9.17, 15) is 4.79 Å². The normalized spacial score (nSPS) is 15.8. The number of amides is 1. The van der Waals surface area contributed by atoms with Gasteiger partial charge in [0.25, 0.3) is 0 Å². The van der Waals surface area contributed by atoms with Gasteiger partial charge in [-0.3, -0.25) is 0 Å². The van der Waals surface area contributed by atoms with E-state index < -0.39 is 0 Å². The van der Waals surface area contributed by atoms with Gasteiger partial charge in [-0.2, -0.15) is 0 Å². The van der Waals surface area contributed by atoms with Gasteiger partial charge in [-0.15, -0.1) is 0 Å². The molecule has 4 nitrogen and oxygen atoms in total. The van der Waals surface area contributed by atoms with Crippen molar-refractivity contribution in [2.75, 3.05) is 19.6 Å². The summed E-state index contributed by atoms with van der Waals surface area (Å²) in [6, 6.07) is 19.8. The molecule has 1 saturated heterocycles. The lowest BCUT2D eigenvalue weighted by atomic mass is 10.1. The molecule has 2 aromatic rings. The largest absolute Gasteiger partial charge is 0.445 e. The maximum absolute atomic E-state index is 12.2. The molecule has 1 N–H and O–H groups in total. The molecule has 1 atom stereocenters. The van der Waals surface area contributed by atoms with Gasteiger partial charge in [-0.05, 0) is 37.1 Å². The zero-order valence-electron chi connectivity index (χ0n) is 13.9. The lowest BCUT2D eigenvalue weighted by Crippen LogP contribution is -2.37. The van der Waals surface area contributed by atoms with Crippen molar-refractivity contribution in [3.63, 3.8) is 0 Å². The average molecular weight is 324 g/mol. The highest BCUT2D eigenvalue weighted by molar-refractivity contribution is 5.68. The second-order valence-electron chi connectivity index (χ2n) is 6.18. The van der Waals surface area contributed by atoms with E-state index in [4.69, 9.17) is 4.74 Å². The molecule has 1 amide bonds. The van der Waals surface area contributed by atoms with Crippen molar-refractivity contribution in [1.82, 2.24) is 10.2 Å². The summed E-state index contributed by atoms with van der Waals surface area (Å²) in [5, 5.41) is 3.03. The number of benzene rings is 2. The summed E-state index contributed by atoms with van der Waals surface area (Å²) >= 11 is 0. The SMILES string of the molecule is O=C(NC(CN1CCCC1)c1ccccc1)OCc1ccccc1. The van der Waals surface area contributed by atoms with Crippen LogP contribution in [0.1, 0.15) is 30.0 Å². The van der Waals surface area contributed by atoms with Gasteiger partial charge in [-0.1, -0.05) is 60.7 Å². The van der Waals surface area contributed by atoms with Crippen molar-refractivity contribution >= 4 is 6.09 Å². The molecule has 1 fully saturated rings. The predicted octanol–water partition coefficient (Wildman–Crippen LogP) is 3.75. The summed E-state index contributed by atoms with van der Waals surface area (Å²) in [5.41, 5.74) is 2.10. The van der Waals surface area contributed by atoms with Crippen molar-refractivity contribution in [3.8, 4) is 0 Å². The number of carbonyl (C=O) groups is 1. The van der Waals surface area contributed by atoms with Crippen molar-refractivity contribution in [2.45, 2.75) is 25.5 Å². The minimum atomic E-state index is -0.369. The number of alkyl carbamates (subject to hydrolysis) is 1. The Morgan fingerprint density at radius 1 is 1.00 bits per heavy atom. The molecule has 0 bridgehead atoms. The number of hydrogen-bond donors (Lipinski definition) is 1. The zero-order chi connectivity index (χ0) is 16.6. The van der Waals surface area contributed by atoms with E-state index in [0.29, 0.717) is 0 Å². The molecular weight excluding hydrogens is 300 g/mol. The van der Waals surface area contributed by atoms with Crippen LogP contribution in [-0.4, -0.2) is 30.6 Å². The lowest BCUT2D eigenvalue weighted by Gasteiger charge is -2.24. The fraction of sp³-hybridized carbons (Fsp3) is 0.350. The summed E-state index contributed by atoms with van der Waals surface area (Å²) in [7, 11) is 0. The van der Waals surface area contributed by atoms with Crippen molar-refractivity contribution in [2.24, 2.45) is 0 Å². The van der Waals surface area contributed by atoms with Crippen LogP contribution in [0, 0.1) is 0 Å². The Bertz CT molecular complexity index is 625. The Labute approximate surface area is 143 Å². The maximum atomic E-state index is 12.2. The van der Waals surface area contributed by atoms with Crippen LogP contribution >= 0.6 is 0 Å². The Morgan fingerprint density at radius 2 is 1.62 bits per heavy atom. The van der Waals surface area contributed by atoms with E-state index in [-0.39, 0.29) is 18.7 Å². The van der Waals surface area contributed by atoms with Crippen LogP contribution in [-0.2, 0) is 11.3 Å². The molecule has 0 aromatic heterocycles. The Kier molecular flexibility index (Phi) is 5.85. The molecule has 0 aliphatic carbocycles. The average Bonchev–Trinajstić information content (AvgIpc) is 3.14. The topological polar surface area (TPSA) is 41.6 Å². The predicted molar refractivity (Wildman–Crippen MR) is 94.6 cm³/mol. The van der Waals surface area contributed by atoms with Crippen molar-refractivity contribution in [1.29, 1.82) is 0 Å². The summed E-state index contributed by atoms with van der Waals surface area (Å²) in [6.45, 7) is 3.32. The van der Waals surface area contributed by atoms with Gasteiger partial charge in [0.2, 0.25) is 0 Å². The molecule has 4 heteroatoms.